The number of aryl methyl sites for hydroxylation is 1. The Kier molecular flexibility index (Phi) is 3.70. The summed E-state index contributed by atoms with van der Waals surface area (Å²) < 4.78 is 0. The Balaban J connectivity index is 2.56. The summed E-state index contributed by atoms with van der Waals surface area (Å²) in [4.78, 5) is 13.7. The highest BCUT2D eigenvalue weighted by molar-refractivity contribution is 5.82. The second-order valence-corrected chi connectivity index (χ2v) is 3.09. The zero-order chi connectivity index (χ0) is 10.4. The molecule has 0 N–H and O–H groups in total. The number of ketones is 1. The molecule has 72 valence electrons. The number of benzene rings is 1. The topological polar surface area (TPSA) is 65.8 Å². The van der Waals surface area contributed by atoms with Crippen molar-refractivity contribution in [2.75, 3.05) is 6.54 Å². The summed E-state index contributed by atoms with van der Waals surface area (Å²) in [5, 5.41) is 3.22. The second-order valence-electron chi connectivity index (χ2n) is 3.09. The molecule has 0 radical (unpaired) electrons. The molecule has 0 heterocycles. The monoisotopic (exact) mass is 189 g/mol. The van der Waals surface area contributed by atoms with Gasteiger partial charge < -0.3 is 0 Å². The lowest BCUT2D eigenvalue weighted by Gasteiger charge is -1.98. The minimum absolute atomic E-state index is 0.0633. The van der Waals surface area contributed by atoms with Gasteiger partial charge in [0.25, 0.3) is 0 Å². The van der Waals surface area contributed by atoms with Crippen LogP contribution in [0.1, 0.15) is 11.1 Å². The van der Waals surface area contributed by atoms with E-state index in [9.17, 15) is 4.79 Å². The highest BCUT2D eigenvalue weighted by Gasteiger charge is 2.01. The van der Waals surface area contributed by atoms with Gasteiger partial charge in [-0.3, -0.25) is 4.79 Å². The third kappa shape index (κ3) is 3.29. The number of hydrogen-bond acceptors (Lipinski definition) is 2. The van der Waals surface area contributed by atoms with E-state index in [0.717, 1.165) is 11.1 Å². The molecule has 0 spiro atoms. The van der Waals surface area contributed by atoms with Crippen LogP contribution in [0.5, 0.6) is 0 Å². The maximum absolute atomic E-state index is 11.2. The molecule has 0 aliphatic carbocycles. The molecule has 1 aromatic carbocycles. The summed E-state index contributed by atoms with van der Waals surface area (Å²) in [5.41, 5.74) is 10.1. The Labute approximate surface area is 82.2 Å². The van der Waals surface area contributed by atoms with E-state index < -0.39 is 0 Å². The summed E-state index contributed by atoms with van der Waals surface area (Å²) in [6.07, 6.45) is 0.333. The number of Topliss-reactive ketones (excluding diaryl/α,β-unsaturated/α-hetero) is 1. The highest BCUT2D eigenvalue weighted by Crippen LogP contribution is 2.04. The Morgan fingerprint density at radius 2 is 2.07 bits per heavy atom. The number of carbonyl (C=O) groups is 1. The largest absolute Gasteiger partial charge is 0.299 e. The fraction of sp³-hybridized carbons (Fsp3) is 0.300. The molecule has 0 aliphatic heterocycles. The van der Waals surface area contributed by atoms with E-state index in [2.05, 4.69) is 10.0 Å². The Hall–Kier alpha value is -1.80. The van der Waals surface area contributed by atoms with Crippen molar-refractivity contribution < 1.29 is 4.79 Å². The first-order chi connectivity index (χ1) is 6.72. The quantitative estimate of drug-likeness (QED) is 0.407. The SMILES string of the molecule is Cc1ccc(CC(=O)CN=[N+]=[N-])cc1. The fourth-order valence-corrected chi connectivity index (χ4v) is 1.10. The van der Waals surface area contributed by atoms with Crippen LogP contribution in [-0.4, -0.2) is 12.3 Å². The zero-order valence-electron chi connectivity index (χ0n) is 7.97. The Morgan fingerprint density at radius 3 is 2.64 bits per heavy atom. The van der Waals surface area contributed by atoms with Gasteiger partial charge in [-0.15, -0.1) is 0 Å². The average molecular weight is 189 g/mol. The number of carbonyl (C=O) groups excluding carboxylic acids is 1. The van der Waals surface area contributed by atoms with Gasteiger partial charge in [-0.05, 0) is 18.0 Å². The van der Waals surface area contributed by atoms with E-state index in [4.69, 9.17) is 5.53 Å². The van der Waals surface area contributed by atoms with Gasteiger partial charge in [0, 0.05) is 11.3 Å². The molecule has 1 aromatic rings. The van der Waals surface area contributed by atoms with Crippen molar-refractivity contribution in [1.29, 1.82) is 0 Å². The van der Waals surface area contributed by atoms with Crippen LogP contribution < -0.4 is 0 Å². The molecule has 4 heteroatoms. The van der Waals surface area contributed by atoms with Crippen molar-refractivity contribution >= 4 is 5.78 Å². The van der Waals surface area contributed by atoms with Crippen LogP contribution in [0.3, 0.4) is 0 Å². The molecule has 14 heavy (non-hydrogen) atoms. The van der Waals surface area contributed by atoms with Gasteiger partial charge in [0.2, 0.25) is 0 Å². The van der Waals surface area contributed by atoms with E-state index in [1.165, 1.54) is 0 Å². The molecule has 0 saturated carbocycles. The van der Waals surface area contributed by atoms with Crippen LogP contribution in [0.15, 0.2) is 29.4 Å². The minimum Gasteiger partial charge on any atom is -0.299 e. The smallest absolute Gasteiger partial charge is 0.143 e. The van der Waals surface area contributed by atoms with Crippen LogP contribution in [0.2, 0.25) is 0 Å². The molecular weight excluding hydrogens is 178 g/mol. The van der Waals surface area contributed by atoms with Gasteiger partial charge >= 0.3 is 0 Å². The molecule has 0 aliphatic rings. The fourth-order valence-electron chi connectivity index (χ4n) is 1.10. The number of azide groups is 1. The molecule has 0 unspecified atom stereocenters. The molecule has 4 nitrogen and oxygen atoms in total. The highest BCUT2D eigenvalue weighted by atomic mass is 16.1. The Morgan fingerprint density at radius 1 is 1.43 bits per heavy atom. The first-order valence-electron chi connectivity index (χ1n) is 4.30. The van der Waals surface area contributed by atoms with E-state index in [1.54, 1.807) is 0 Å². The lowest BCUT2D eigenvalue weighted by atomic mass is 10.1. The molecule has 0 saturated heterocycles. The van der Waals surface area contributed by atoms with Crippen molar-refractivity contribution in [3.63, 3.8) is 0 Å². The lowest BCUT2D eigenvalue weighted by molar-refractivity contribution is -0.117. The van der Waals surface area contributed by atoms with Gasteiger partial charge in [-0.2, -0.15) is 0 Å². The lowest BCUT2D eigenvalue weighted by Crippen LogP contribution is -2.05. The molecule has 0 fully saturated rings. The number of rotatable bonds is 4. The standard InChI is InChI=1S/C10H11N3O/c1-8-2-4-9(5-3-8)6-10(14)7-12-13-11/h2-5H,6-7H2,1H3. The summed E-state index contributed by atoms with van der Waals surface area (Å²) in [7, 11) is 0. The summed E-state index contributed by atoms with van der Waals surface area (Å²) in [6, 6.07) is 7.72. The summed E-state index contributed by atoms with van der Waals surface area (Å²) >= 11 is 0. The molecule has 0 aromatic heterocycles. The first kappa shape index (κ1) is 10.3. The number of hydrogen-bond donors (Lipinski definition) is 0. The maximum Gasteiger partial charge on any atom is 0.143 e. The third-order valence-electron chi connectivity index (χ3n) is 1.83. The molecule has 0 bridgehead atoms. The van der Waals surface area contributed by atoms with Crippen molar-refractivity contribution in [3.8, 4) is 0 Å². The molecular formula is C10H11N3O. The van der Waals surface area contributed by atoms with Crippen molar-refractivity contribution in [1.82, 2.24) is 0 Å². The van der Waals surface area contributed by atoms with E-state index in [0.29, 0.717) is 6.42 Å². The van der Waals surface area contributed by atoms with Gasteiger partial charge in [-0.25, -0.2) is 0 Å². The second kappa shape index (κ2) is 5.04. The summed E-state index contributed by atoms with van der Waals surface area (Å²) in [5.74, 6) is -0.0633. The van der Waals surface area contributed by atoms with E-state index in [-0.39, 0.29) is 12.3 Å². The van der Waals surface area contributed by atoms with Gasteiger partial charge in [-0.1, -0.05) is 34.9 Å². The van der Waals surface area contributed by atoms with Gasteiger partial charge in [0.15, 0.2) is 0 Å². The Bertz CT molecular complexity index is 363. The van der Waals surface area contributed by atoms with E-state index in [1.807, 2.05) is 31.2 Å². The predicted octanol–water partition coefficient (Wildman–Crippen LogP) is 2.42. The molecule has 0 atom stereocenters. The van der Waals surface area contributed by atoms with Crippen molar-refractivity contribution in [2.45, 2.75) is 13.3 Å². The number of nitrogens with zero attached hydrogens (tertiary/aromatic N) is 3. The van der Waals surface area contributed by atoms with E-state index >= 15 is 0 Å². The van der Waals surface area contributed by atoms with Crippen LogP contribution in [-0.2, 0) is 11.2 Å². The first-order valence-corrected chi connectivity index (χ1v) is 4.30. The van der Waals surface area contributed by atoms with Crippen LogP contribution in [0.25, 0.3) is 10.4 Å². The van der Waals surface area contributed by atoms with Crippen LogP contribution in [0.4, 0.5) is 0 Å². The van der Waals surface area contributed by atoms with Gasteiger partial charge in [0.1, 0.15) is 5.78 Å². The average Bonchev–Trinajstić information content (AvgIpc) is 2.18. The minimum atomic E-state index is -0.0651. The predicted molar refractivity (Wildman–Crippen MR) is 53.9 cm³/mol. The maximum atomic E-state index is 11.2. The molecule has 0 amide bonds. The normalized spacial score (nSPS) is 9.21. The molecule has 1 rings (SSSR count). The third-order valence-corrected chi connectivity index (χ3v) is 1.83. The van der Waals surface area contributed by atoms with Crippen LogP contribution in [0, 0.1) is 6.92 Å². The van der Waals surface area contributed by atoms with Crippen molar-refractivity contribution in [2.24, 2.45) is 5.11 Å². The summed E-state index contributed by atoms with van der Waals surface area (Å²) in [6.45, 7) is 1.93. The van der Waals surface area contributed by atoms with Crippen molar-refractivity contribution in [3.05, 3.63) is 45.8 Å². The zero-order valence-corrected chi connectivity index (χ0v) is 7.97. The van der Waals surface area contributed by atoms with Gasteiger partial charge in [0.05, 0.1) is 6.54 Å². The van der Waals surface area contributed by atoms with Crippen LogP contribution >= 0.6 is 0 Å².